The predicted molar refractivity (Wildman–Crippen MR) is 106 cm³/mol. The second-order valence-corrected chi connectivity index (χ2v) is 7.11. The van der Waals surface area contributed by atoms with Gasteiger partial charge in [-0.25, -0.2) is 0 Å². The van der Waals surface area contributed by atoms with Crippen LogP contribution in [0.15, 0.2) is 51.7 Å². The maximum absolute atomic E-state index is 13.2. The largest absolute Gasteiger partial charge is 0.508 e. The van der Waals surface area contributed by atoms with Crippen LogP contribution in [0.5, 0.6) is 17.2 Å². The Kier molecular flexibility index (Phi) is 5.56. The molecule has 1 saturated heterocycles. The van der Waals surface area contributed by atoms with Crippen LogP contribution < -0.4 is 10.2 Å². The van der Waals surface area contributed by atoms with Gasteiger partial charge in [0.05, 0.1) is 6.61 Å². The first-order chi connectivity index (χ1) is 14.8. The van der Waals surface area contributed by atoms with E-state index < -0.39 is 54.2 Å². The van der Waals surface area contributed by atoms with Crippen LogP contribution in [-0.2, 0) is 4.74 Å². The summed E-state index contributed by atoms with van der Waals surface area (Å²) in [6, 6.07) is 10.4. The smallest absolute Gasteiger partial charge is 0.239 e. The summed E-state index contributed by atoms with van der Waals surface area (Å²) < 4.78 is 16.7. The van der Waals surface area contributed by atoms with Gasteiger partial charge in [-0.2, -0.15) is 0 Å². The molecule has 2 aromatic carbocycles. The van der Waals surface area contributed by atoms with E-state index in [-0.39, 0.29) is 22.5 Å². The molecular weight excluding hydrogens is 412 g/mol. The number of hydrogen-bond donors (Lipinski definition) is 6. The Balaban J connectivity index is 1.88. The summed E-state index contributed by atoms with van der Waals surface area (Å²) >= 11 is 0. The van der Waals surface area contributed by atoms with Gasteiger partial charge < -0.3 is 44.5 Å². The van der Waals surface area contributed by atoms with Gasteiger partial charge in [0.1, 0.15) is 46.9 Å². The second kappa shape index (κ2) is 8.17. The highest BCUT2D eigenvalue weighted by Crippen LogP contribution is 2.36. The zero-order chi connectivity index (χ0) is 22.3. The van der Waals surface area contributed by atoms with Crippen LogP contribution in [0.3, 0.4) is 0 Å². The molecule has 1 aliphatic rings. The van der Waals surface area contributed by atoms with Crippen LogP contribution in [0.25, 0.3) is 22.3 Å². The Morgan fingerprint density at radius 3 is 2.35 bits per heavy atom. The fourth-order valence-corrected chi connectivity index (χ4v) is 3.44. The van der Waals surface area contributed by atoms with Crippen molar-refractivity contribution in [1.82, 2.24) is 0 Å². The minimum Gasteiger partial charge on any atom is -0.508 e. The molecule has 10 nitrogen and oxygen atoms in total. The number of phenolic OH excluding ortho intramolecular Hbond substituents is 2. The molecule has 4 rings (SSSR count). The molecule has 0 saturated carbocycles. The van der Waals surface area contributed by atoms with Crippen LogP contribution in [0.1, 0.15) is 0 Å². The summed E-state index contributed by atoms with van der Waals surface area (Å²) in [5.74, 6) is -1.40. The maximum atomic E-state index is 13.2. The number of phenols is 2. The third kappa shape index (κ3) is 3.71. The van der Waals surface area contributed by atoms with Crippen molar-refractivity contribution in [2.24, 2.45) is 0 Å². The Morgan fingerprint density at radius 2 is 1.68 bits per heavy atom. The monoisotopic (exact) mass is 432 g/mol. The van der Waals surface area contributed by atoms with E-state index >= 15 is 0 Å². The lowest BCUT2D eigenvalue weighted by atomic mass is 9.99. The molecular formula is C21H20O10. The van der Waals surface area contributed by atoms with Crippen molar-refractivity contribution >= 4 is 11.0 Å². The van der Waals surface area contributed by atoms with E-state index in [0.717, 1.165) is 12.1 Å². The summed E-state index contributed by atoms with van der Waals surface area (Å²) in [6.45, 7) is -0.678. The molecule has 0 spiro atoms. The van der Waals surface area contributed by atoms with E-state index in [9.17, 15) is 35.4 Å². The number of rotatable bonds is 4. The van der Waals surface area contributed by atoms with E-state index in [0.29, 0.717) is 5.56 Å². The summed E-state index contributed by atoms with van der Waals surface area (Å²) in [5.41, 5.74) is -0.527. The normalized spacial score (nSPS) is 26.1. The summed E-state index contributed by atoms with van der Waals surface area (Å²) in [6.07, 6.45) is -7.97. The number of fused-ring (bicyclic) bond motifs is 1. The molecule has 2 heterocycles. The molecule has 31 heavy (non-hydrogen) atoms. The van der Waals surface area contributed by atoms with E-state index in [1.807, 2.05) is 0 Å². The first-order valence-corrected chi connectivity index (χ1v) is 9.37. The minimum atomic E-state index is -1.76. The predicted octanol–water partition coefficient (Wildman–Crippen LogP) is 0.0499. The molecule has 5 atom stereocenters. The van der Waals surface area contributed by atoms with Crippen molar-refractivity contribution in [2.45, 2.75) is 30.7 Å². The lowest BCUT2D eigenvalue weighted by Crippen LogP contribution is -2.60. The van der Waals surface area contributed by atoms with Gasteiger partial charge >= 0.3 is 0 Å². The number of benzene rings is 2. The summed E-state index contributed by atoms with van der Waals surface area (Å²) in [7, 11) is 0. The minimum absolute atomic E-state index is 0.0833. The van der Waals surface area contributed by atoms with E-state index in [4.69, 9.17) is 13.9 Å². The molecule has 1 aromatic heterocycles. The quantitative estimate of drug-likeness (QED) is 0.331. The van der Waals surface area contributed by atoms with Crippen LogP contribution in [0, 0.1) is 0 Å². The van der Waals surface area contributed by atoms with Crippen molar-refractivity contribution in [3.63, 3.8) is 0 Å². The fraction of sp³-hybridized carbons (Fsp3) is 0.286. The van der Waals surface area contributed by atoms with E-state index in [2.05, 4.69) is 0 Å². The number of ether oxygens (including phenoxy) is 2. The second-order valence-electron chi connectivity index (χ2n) is 7.11. The Bertz CT molecular complexity index is 1140. The molecule has 0 bridgehead atoms. The van der Waals surface area contributed by atoms with Gasteiger partial charge in [0.25, 0.3) is 0 Å². The number of hydrogen-bond acceptors (Lipinski definition) is 10. The topological polar surface area (TPSA) is 170 Å². The molecule has 0 unspecified atom stereocenters. The van der Waals surface area contributed by atoms with Crippen molar-refractivity contribution in [1.29, 1.82) is 0 Å². The molecule has 164 valence electrons. The number of aliphatic hydroxyl groups is 4. The van der Waals surface area contributed by atoms with Gasteiger partial charge in [-0.1, -0.05) is 30.3 Å². The standard InChI is InChI=1S/C21H20O10/c22-8-13-15(25)17(27)18(28)21(30-13)31-20-16(26)14-11(24)6-10(23)7-12(14)29-19(20)9-4-2-1-3-5-9/h1-7,13,15,17-18,21-25,27-28H,8H2/t13-,15-,17-,18-,21+/m1/s1. The van der Waals surface area contributed by atoms with Crippen LogP contribution in [0.4, 0.5) is 0 Å². The molecule has 0 amide bonds. The number of aromatic hydroxyl groups is 2. The fourth-order valence-electron chi connectivity index (χ4n) is 3.44. The van der Waals surface area contributed by atoms with Crippen molar-refractivity contribution < 1.29 is 44.5 Å². The van der Waals surface area contributed by atoms with Crippen LogP contribution >= 0.6 is 0 Å². The summed E-state index contributed by atoms with van der Waals surface area (Å²) in [4.78, 5) is 13.2. The van der Waals surface area contributed by atoms with Crippen molar-refractivity contribution in [2.75, 3.05) is 6.61 Å². The Hall–Kier alpha value is -3.15. The summed E-state index contributed by atoms with van der Waals surface area (Å²) in [5, 5.41) is 59.3. The first kappa shape index (κ1) is 21.1. The lowest BCUT2D eigenvalue weighted by molar-refractivity contribution is -0.277. The van der Waals surface area contributed by atoms with Crippen LogP contribution in [-0.4, -0.2) is 68.0 Å². The molecule has 3 aromatic rings. The first-order valence-electron chi connectivity index (χ1n) is 9.37. The highest BCUT2D eigenvalue weighted by atomic mass is 16.7. The molecule has 0 aliphatic carbocycles. The van der Waals surface area contributed by atoms with E-state index in [1.54, 1.807) is 30.3 Å². The zero-order valence-electron chi connectivity index (χ0n) is 16.0. The molecule has 1 aliphatic heterocycles. The van der Waals surface area contributed by atoms with E-state index in [1.165, 1.54) is 0 Å². The molecule has 0 radical (unpaired) electrons. The van der Waals surface area contributed by atoms with Gasteiger partial charge in [0.15, 0.2) is 5.76 Å². The van der Waals surface area contributed by atoms with Gasteiger partial charge in [-0.3, -0.25) is 4.79 Å². The Labute approximate surface area is 174 Å². The SMILES string of the molecule is O=c1c(O[C@@H]2O[C@H](CO)[C@@H](O)[C@@H](O)[C@H]2O)c(-c2ccccc2)oc2cc(O)cc(O)c12. The van der Waals surface area contributed by atoms with Crippen molar-refractivity contribution in [3.8, 4) is 28.6 Å². The Morgan fingerprint density at radius 1 is 0.968 bits per heavy atom. The third-order valence-corrected chi connectivity index (χ3v) is 5.04. The average molecular weight is 432 g/mol. The van der Waals surface area contributed by atoms with Gasteiger partial charge in [-0.15, -0.1) is 0 Å². The van der Waals surface area contributed by atoms with Crippen molar-refractivity contribution in [3.05, 3.63) is 52.7 Å². The highest BCUT2D eigenvalue weighted by molar-refractivity contribution is 5.88. The van der Waals surface area contributed by atoms with Gasteiger partial charge in [0, 0.05) is 17.7 Å². The highest BCUT2D eigenvalue weighted by Gasteiger charge is 2.45. The number of aliphatic hydroxyl groups excluding tert-OH is 4. The van der Waals surface area contributed by atoms with Gasteiger partial charge in [0.2, 0.25) is 17.5 Å². The average Bonchev–Trinajstić information content (AvgIpc) is 2.75. The van der Waals surface area contributed by atoms with Gasteiger partial charge in [-0.05, 0) is 0 Å². The molecule has 6 N–H and O–H groups in total. The third-order valence-electron chi connectivity index (χ3n) is 5.04. The zero-order valence-corrected chi connectivity index (χ0v) is 16.0. The lowest BCUT2D eigenvalue weighted by Gasteiger charge is -2.39. The molecule has 10 heteroatoms. The van der Waals surface area contributed by atoms with Crippen LogP contribution in [0.2, 0.25) is 0 Å². The maximum Gasteiger partial charge on any atom is 0.239 e. The molecule has 1 fully saturated rings.